The van der Waals surface area contributed by atoms with E-state index in [0.29, 0.717) is 6.61 Å². The molecule has 0 rings (SSSR count). The van der Waals surface area contributed by atoms with Crippen LogP contribution in [0.15, 0.2) is 0 Å². The van der Waals surface area contributed by atoms with Crippen LogP contribution in [0.2, 0.25) is 0 Å². The van der Waals surface area contributed by atoms with E-state index in [1.807, 2.05) is 39.3 Å². The highest BCUT2D eigenvalue weighted by molar-refractivity contribution is 8.77. The van der Waals surface area contributed by atoms with Crippen LogP contribution in [0.25, 0.3) is 0 Å². The quantitative estimate of drug-likeness (QED) is 0.194. The van der Waals surface area contributed by atoms with Crippen LogP contribution in [0.3, 0.4) is 0 Å². The molecule has 10 heteroatoms. The summed E-state index contributed by atoms with van der Waals surface area (Å²) < 4.78 is 5.18. The summed E-state index contributed by atoms with van der Waals surface area (Å²) in [5.74, 6) is 5.96. The first-order valence-corrected chi connectivity index (χ1v) is 16.3. The van der Waals surface area contributed by atoms with Crippen LogP contribution in [0, 0.1) is 0 Å². The van der Waals surface area contributed by atoms with E-state index in [9.17, 15) is 0 Å². The van der Waals surface area contributed by atoms with Gasteiger partial charge in [0.1, 0.15) is 0 Å². The number of hydrogen-bond donors (Lipinski definition) is 3. The number of rotatable bonds is 17. The van der Waals surface area contributed by atoms with Crippen molar-refractivity contribution in [3.05, 3.63) is 0 Å². The van der Waals surface area contributed by atoms with Gasteiger partial charge in [-0.25, -0.2) is 0 Å². The molecular formula is C16H38O4S6. The van der Waals surface area contributed by atoms with E-state index in [-0.39, 0.29) is 13.2 Å². The maximum absolute atomic E-state index is 8.33. The van der Waals surface area contributed by atoms with Gasteiger partial charge in [-0.15, -0.1) is 0 Å². The monoisotopic (exact) mass is 486 g/mol. The Morgan fingerprint density at radius 1 is 0.538 bits per heavy atom. The van der Waals surface area contributed by atoms with E-state index in [1.54, 1.807) is 32.4 Å². The Morgan fingerprint density at radius 2 is 0.885 bits per heavy atom. The smallest absolute Gasteiger partial charge is 0.0564 e. The third-order valence-corrected chi connectivity index (χ3v) is 9.39. The highest BCUT2D eigenvalue weighted by Gasteiger charge is 1.88. The van der Waals surface area contributed by atoms with Gasteiger partial charge >= 0.3 is 0 Å². The summed E-state index contributed by atoms with van der Waals surface area (Å²) in [5.41, 5.74) is 0. The molecule has 0 aromatic carbocycles. The van der Waals surface area contributed by atoms with Gasteiger partial charge in [-0.3, -0.25) is 0 Å². The van der Waals surface area contributed by atoms with Crippen LogP contribution in [0.4, 0.5) is 0 Å². The first kappa shape index (κ1) is 32.6. The second-order valence-electron chi connectivity index (χ2n) is 4.30. The fourth-order valence-electron chi connectivity index (χ4n) is 0.869. The summed E-state index contributed by atoms with van der Waals surface area (Å²) >= 11 is 0. The molecule has 0 atom stereocenters. The third-order valence-electron chi connectivity index (χ3n) is 1.86. The van der Waals surface area contributed by atoms with Gasteiger partial charge in [-0.1, -0.05) is 78.6 Å². The molecule has 0 saturated heterocycles. The fraction of sp³-hybridized carbons (Fsp3) is 1.00. The maximum Gasteiger partial charge on any atom is 0.0564 e. The number of hydrogen-bond acceptors (Lipinski definition) is 10. The Morgan fingerprint density at radius 3 is 1.19 bits per heavy atom. The molecule has 0 amide bonds. The number of aliphatic hydroxyl groups is 3. The van der Waals surface area contributed by atoms with E-state index < -0.39 is 0 Å². The van der Waals surface area contributed by atoms with Crippen molar-refractivity contribution in [1.29, 1.82) is 0 Å². The minimum atomic E-state index is 0.225. The zero-order chi connectivity index (χ0) is 20.1. The Labute approximate surface area is 185 Å². The summed E-state index contributed by atoms with van der Waals surface area (Å²) in [5, 5.41) is 24.9. The van der Waals surface area contributed by atoms with Crippen molar-refractivity contribution in [3.8, 4) is 0 Å². The van der Waals surface area contributed by atoms with Crippen molar-refractivity contribution >= 4 is 64.8 Å². The summed E-state index contributed by atoms with van der Waals surface area (Å²) in [6.07, 6.45) is 2.50. The first-order chi connectivity index (χ1) is 12.7. The van der Waals surface area contributed by atoms with Crippen molar-refractivity contribution in [2.24, 2.45) is 0 Å². The lowest BCUT2D eigenvalue weighted by molar-refractivity contribution is 0.165. The van der Waals surface area contributed by atoms with Crippen molar-refractivity contribution < 1.29 is 20.1 Å². The molecule has 0 aliphatic carbocycles. The molecule has 162 valence electrons. The minimum absolute atomic E-state index is 0.225. The molecule has 4 nitrogen and oxygen atoms in total. The normalized spacial score (nSPS) is 9.92. The molecule has 0 aromatic heterocycles. The second kappa shape index (κ2) is 37.7. The predicted molar refractivity (Wildman–Crippen MR) is 133 cm³/mol. The Balaban J connectivity index is -0.000000308. The van der Waals surface area contributed by atoms with E-state index >= 15 is 0 Å². The van der Waals surface area contributed by atoms with Gasteiger partial charge in [0.05, 0.1) is 26.4 Å². The van der Waals surface area contributed by atoms with E-state index in [4.69, 9.17) is 20.1 Å². The third kappa shape index (κ3) is 45.0. The van der Waals surface area contributed by atoms with Crippen molar-refractivity contribution in [1.82, 2.24) is 0 Å². The molecule has 0 aliphatic heterocycles. The lowest BCUT2D eigenvalue weighted by atomic mass is 10.6. The zero-order valence-electron chi connectivity index (χ0n) is 16.4. The van der Waals surface area contributed by atoms with Crippen LogP contribution in [0.1, 0.15) is 33.6 Å². The van der Waals surface area contributed by atoms with Crippen molar-refractivity contribution in [3.63, 3.8) is 0 Å². The van der Waals surface area contributed by atoms with Gasteiger partial charge in [0.25, 0.3) is 0 Å². The van der Waals surface area contributed by atoms with Gasteiger partial charge in [-0.05, 0) is 19.8 Å². The molecule has 0 aliphatic rings. The molecule has 0 aromatic rings. The Kier molecular flexibility index (Phi) is 47.2. The van der Waals surface area contributed by atoms with Gasteiger partial charge in [-0.2, -0.15) is 0 Å². The molecule has 0 radical (unpaired) electrons. The summed E-state index contributed by atoms with van der Waals surface area (Å²) in [6, 6.07) is 0. The minimum Gasteiger partial charge on any atom is -0.395 e. The molecule has 0 saturated carbocycles. The van der Waals surface area contributed by atoms with Gasteiger partial charge < -0.3 is 20.1 Å². The number of aliphatic hydroxyl groups excluding tert-OH is 3. The highest BCUT2D eigenvalue weighted by Crippen LogP contribution is 2.21. The molecule has 26 heavy (non-hydrogen) atoms. The summed E-state index contributed by atoms with van der Waals surface area (Å²) in [4.78, 5) is 0. The lowest BCUT2D eigenvalue weighted by Gasteiger charge is -1.99. The van der Waals surface area contributed by atoms with E-state index in [0.717, 1.165) is 36.2 Å². The average molecular weight is 487 g/mol. The van der Waals surface area contributed by atoms with Gasteiger partial charge in [0.2, 0.25) is 0 Å². The van der Waals surface area contributed by atoms with E-state index in [1.165, 1.54) is 24.3 Å². The first-order valence-electron chi connectivity index (χ1n) is 8.88. The van der Waals surface area contributed by atoms with Crippen LogP contribution < -0.4 is 0 Å². The molecule has 0 fully saturated rings. The predicted octanol–water partition coefficient (Wildman–Crippen LogP) is 4.94. The standard InChI is InChI=1S/C7H16OS2.C5H12OS2.C4H10O2S2/c1-3-6-9-10-7-5-8-4-2;1-2-4-7-8-5-3-6;5-1-3-7-8-4-2-6/h3-7H2,1-2H3;6H,2-5H2,1H3;5-6H,1-4H2. The summed E-state index contributed by atoms with van der Waals surface area (Å²) in [6.45, 7) is 8.90. The molecule has 0 heterocycles. The van der Waals surface area contributed by atoms with Gasteiger partial charge in [0.15, 0.2) is 0 Å². The largest absolute Gasteiger partial charge is 0.395 e. The van der Waals surface area contributed by atoms with Crippen molar-refractivity contribution in [2.75, 3.05) is 67.6 Å². The fourth-order valence-corrected chi connectivity index (χ4v) is 6.32. The highest BCUT2D eigenvalue weighted by atomic mass is 33.1. The molecule has 0 unspecified atom stereocenters. The SMILES string of the molecule is CCCSSCCO.CCCSSCCOCC.OCCSSCCO. The second-order valence-corrected chi connectivity index (χ2v) is 12.4. The lowest BCUT2D eigenvalue weighted by Crippen LogP contribution is -1.94. The molecule has 0 bridgehead atoms. The number of ether oxygens (including phenoxy) is 1. The molecule has 0 spiro atoms. The Hall–Kier alpha value is 1.94. The van der Waals surface area contributed by atoms with E-state index in [2.05, 4.69) is 13.8 Å². The van der Waals surface area contributed by atoms with Crippen molar-refractivity contribution in [2.45, 2.75) is 33.6 Å². The average Bonchev–Trinajstić information content (AvgIpc) is 2.66. The summed E-state index contributed by atoms with van der Waals surface area (Å²) in [7, 11) is 10.6. The molecular weight excluding hydrogens is 449 g/mol. The topological polar surface area (TPSA) is 69.9 Å². The van der Waals surface area contributed by atoms with Crippen LogP contribution in [-0.4, -0.2) is 82.9 Å². The molecule has 3 N–H and O–H groups in total. The van der Waals surface area contributed by atoms with Crippen LogP contribution >= 0.6 is 64.8 Å². The van der Waals surface area contributed by atoms with Crippen LogP contribution in [-0.2, 0) is 4.74 Å². The van der Waals surface area contributed by atoms with Gasteiger partial charge in [0, 0.05) is 41.1 Å². The zero-order valence-corrected chi connectivity index (χ0v) is 21.3. The maximum atomic E-state index is 8.33. The van der Waals surface area contributed by atoms with Crippen LogP contribution in [0.5, 0.6) is 0 Å². The Bertz CT molecular complexity index is 176.